The van der Waals surface area contributed by atoms with E-state index in [9.17, 15) is 4.79 Å². The van der Waals surface area contributed by atoms with E-state index in [4.69, 9.17) is 4.74 Å². The lowest BCUT2D eigenvalue weighted by atomic mass is 10.2. The number of nitrogens with zero attached hydrogens (tertiary/aromatic N) is 2. The van der Waals surface area contributed by atoms with Crippen molar-refractivity contribution in [1.29, 1.82) is 0 Å². The standard InChI is InChI=1S/C13H16N4O2S/c1-4-14-13-17-16-12(20-13)11(18)15-9-5-6-10(19-3)8(2)7-9/h5-7H,4H2,1-3H3,(H,14,17)(H,15,18). The molecule has 0 saturated carbocycles. The van der Waals surface area contributed by atoms with Crippen molar-refractivity contribution in [3.63, 3.8) is 0 Å². The van der Waals surface area contributed by atoms with Crippen LogP contribution in [0, 0.1) is 6.92 Å². The van der Waals surface area contributed by atoms with Gasteiger partial charge in [0.1, 0.15) is 5.75 Å². The molecule has 2 N–H and O–H groups in total. The van der Waals surface area contributed by atoms with Crippen LogP contribution in [0.2, 0.25) is 0 Å². The van der Waals surface area contributed by atoms with E-state index in [1.807, 2.05) is 26.0 Å². The molecule has 2 rings (SSSR count). The second kappa shape index (κ2) is 6.33. The number of aryl methyl sites for hydroxylation is 1. The smallest absolute Gasteiger partial charge is 0.286 e. The first-order valence-corrected chi connectivity index (χ1v) is 6.99. The number of hydrogen-bond donors (Lipinski definition) is 2. The molecule has 1 aromatic heterocycles. The van der Waals surface area contributed by atoms with Crippen LogP contribution in [0.1, 0.15) is 22.3 Å². The molecule has 1 amide bonds. The zero-order valence-electron chi connectivity index (χ0n) is 11.6. The number of aromatic nitrogens is 2. The third-order valence-electron chi connectivity index (χ3n) is 2.60. The molecule has 0 unspecified atom stereocenters. The van der Waals surface area contributed by atoms with Gasteiger partial charge >= 0.3 is 0 Å². The van der Waals surface area contributed by atoms with Crippen LogP contribution in [0.15, 0.2) is 18.2 Å². The van der Waals surface area contributed by atoms with Crippen LogP contribution in [0.25, 0.3) is 0 Å². The van der Waals surface area contributed by atoms with Gasteiger partial charge in [0.25, 0.3) is 5.91 Å². The fourth-order valence-electron chi connectivity index (χ4n) is 1.68. The average Bonchev–Trinajstić information content (AvgIpc) is 2.88. The number of carbonyl (C=O) groups excluding carboxylic acids is 1. The van der Waals surface area contributed by atoms with Crippen LogP contribution in [-0.4, -0.2) is 29.8 Å². The molecule has 0 saturated heterocycles. The molecule has 0 aliphatic heterocycles. The summed E-state index contributed by atoms with van der Waals surface area (Å²) in [5.74, 6) is 0.518. The first-order chi connectivity index (χ1) is 9.63. The number of ether oxygens (including phenoxy) is 1. The summed E-state index contributed by atoms with van der Waals surface area (Å²) in [5, 5.41) is 14.5. The second-order valence-corrected chi connectivity index (χ2v) is 5.06. The maximum absolute atomic E-state index is 12.0. The van der Waals surface area contributed by atoms with E-state index in [1.54, 1.807) is 13.2 Å². The van der Waals surface area contributed by atoms with E-state index in [-0.39, 0.29) is 5.91 Å². The molecule has 1 heterocycles. The summed E-state index contributed by atoms with van der Waals surface area (Å²) in [6, 6.07) is 5.45. The van der Waals surface area contributed by atoms with Crippen LogP contribution in [-0.2, 0) is 0 Å². The first-order valence-electron chi connectivity index (χ1n) is 6.17. The van der Waals surface area contributed by atoms with Gasteiger partial charge in [0.2, 0.25) is 10.1 Å². The van der Waals surface area contributed by atoms with E-state index < -0.39 is 0 Å². The van der Waals surface area contributed by atoms with Gasteiger partial charge in [0, 0.05) is 12.2 Å². The summed E-state index contributed by atoms with van der Waals surface area (Å²) in [5.41, 5.74) is 1.66. The fraction of sp³-hybridized carbons (Fsp3) is 0.308. The van der Waals surface area contributed by atoms with Gasteiger partial charge in [-0.3, -0.25) is 4.79 Å². The highest BCUT2D eigenvalue weighted by Crippen LogP contribution is 2.22. The molecule has 106 valence electrons. The van der Waals surface area contributed by atoms with Gasteiger partial charge in [0.15, 0.2) is 0 Å². The summed E-state index contributed by atoms with van der Waals surface area (Å²) in [6.45, 7) is 4.62. The van der Waals surface area contributed by atoms with Crippen molar-refractivity contribution < 1.29 is 9.53 Å². The lowest BCUT2D eigenvalue weighted by Gasteiger charge is -2.07. The fourth-order valence-corrected chi connectivity index (χ4v) is 2.39. The highest BCUT2D eigenvalue weighted by molar-refractivity contribution is 7.17. The average molecular weight is 292 g/mol. The molecule has 1 aromatic carbocycles. The van der Waals surface area contributed by atoms with E-state index >= 15 is 0 Å². The van der Waals surface area contributed by atoms with Crippen molar-refractivity contribution in [1.82, 2.24) is 10.2 Å². The predicted molar refractivity (Wildman–Crippen MR) is 79.8 cm³/mol. The molecule has 7 heteroatoms. The van der Waals surface area contributed by atoms with Crippen molar-refractivity contribution in [2.24, 2.45) is 0 Å². The molecule has 2 aromatic rings. The maximum atomic E-state index is 12.0. The Balaban J connectivity index is 2.08. The molecule has 6 nitrogen and oxygen atoms in total. The van der Waals surface area contributed by atoms with Gasteiger partial charge in [-0.15, -0.1) is 10.2 Å². The highest BCUT2D eigenvalue weighted by atomic mass is 32.1. The minimum atomic E-state index is -0.267. The summed E-state index contributed by atoms with van der Waals surface area (Å²) < 4.78 is 5.18. The molecule has 0 atom stereocenters. The predicted octanol–water partition coefficient (Wildman–Crippen LogP) is 2.54. The molecule has 0 spiro atoms. The number of amides is 1. The third kappa shape index (κ3) is 3.24. The molecule has 20 heavy (non-hydrogen) atoms. The van der Waals surface area contributed by atoms with Gasteiger partial charge in [-0.25, -0.2) is 0 Å². The van der Waals surface area contributed by atoms with E-state index in [1.165, 1.54) is 11.3 Å². The van der Waals surface area contributed by atoms with Gasteiger partial charge < -0.3 is 15.4 Å². The zero-order chi connectivity index (χ0) is 14.5. The third-order valence-corrected chi connectivity index (χ3v) is 3.48. The lowest BCUT2D eigenvalue weighted by Crippen LogP contribution is -2.11. The normalized spacial score (nSPS) is 10.2. The first kappa shape index (κ1) is 14.3. The van der Waals surface area contributed by atoms with Crippen LogP contribution < -0.4 is 15.4 Å². The Kier molecular flexibility index (Phi) is 4.52. The number of benzene rings is 1. The molecular weight excluding hydrogens is 276 g/mol. The summed E-state index contributed by atoms with van der Waals surface area (Å²) in [7, 11) is 1.62. The Labute approximate surface area is 121 Å². The molecule has 0 radical (unpaired) electrons. The number of carbonyl (C=O) groups is 1. The van der Waals surface area contributed by atoms with Crippen LogP contribution in [0.5, 0.6) is 5.75 Å². The minimum absolute atomic E-state index is 0.267. The van der Waals surface area contributed by atoms with E-state index in [0.29, 0.717) is 15.8 Å². The van der Waals surface area contributed by atoms with Gasteiger partial charge in [-0.2, -0.15) is 0 Å². The number of methoxy groups -OCH3 is 1. The van der Waals surface area contributed by atoms with Gasteiger partial charge in [-0.05, 0) is 37.6 Å². The van der Waals surface area contributed by atoms with Crippen LogP contribution >= 0.6 is 11.3 Å². The second-order valence-electron chi connectivity index (χ2n) is 4.08. The Morgan fingerprint density at radius 2 is 2.20 bits per heavy atom. The monoisotopic (exact) mass is 292 g/mol. The molecule has 0 aliphatic carbocycles. The van der Waals surface area contributed by atoms with Crippen molar-refractivity contribution in [2.75, 3.05) is 24.3 Å². The molecule has 0 aliphatic rings. The van der Waals surface area contributed by atoms with Crippen LogP contribution in [0.4, 0.5) is 10.8 Å². The zero-order valence-corrected chi connectivity index (χ0v) is 12.4. The highest BCUT2D eigenvalue weighted by Gasteiger charge is 2.13. The van der Waals surface area contributed by atoms with Crippen molar-refractivity contribution in [3.8, 4) is 5.75 Å². The number of hydrogen-bond acceptors (Lipinski definition) is 6. The summed E-state index contributed by atoms with van der Waals surface area (Å²) in [6.07, 6.45) is 0. The Morgan fingerprint density at radius 3 is 2.85 bits per heavy atom. The molecular formula is C13H16N4O2S. The molecule has 0 bridgehead atoms. The van der Waals surface area contributed by atoms with E-state index in [0.717, 1.165) is 17.9 Å². The Hall–Kier alpha value is -2.15. The number of rotatable bonds is 5. The van der Waals surface area contributed by atoms with Crippen LogP contribution in [0.3, 0.4) is 0 Å². The largest absolute Gasteiger partial charge is 0.496 e. The lowest BCUT2D eigenvalue weighted by molar-refractivity contribution is 0.102. The number of anilines is 2. The Bertz CT molecular complexity index is 612. The van der Waals surface area contributed by atoms with Crippen molar-refractivity contribution >= 4 is 28.1 Å². The van der Waals surface area contributed by atoms with Gasteiger partial charge in [0.05, 0.1) is 7.11 Å². The SMILES string of the molecule is CCNc1nnc(C(=O)Nc2ccc(OC)c(C)c2)s1. The maximum Gasteiger partial charge on any atom is 0.286 e. The van der Waals surface area contributed by atoms with Gasteiger partial charge in [-0.1, -0.05) is 11.3 Å². The topological polar surface area (TPSA) is 76.1 Å². The quantitative estimate of drug-likeness (QED) is 0.885. The summed E-state index contributed by atoms with van der Waals surface area (Å²) in [4.78, 5) is 12.0. The minimum Gasteiger partial charge on any atom is -0.496 e. The van der Waals surface area contributed by atoms with Crippen molar-refractivity contribution in [2.45, 2.75) is 13.8 Å². The number of nitrogens with one attached hydrogen (secondary N) is 2. The van der Waals surface area contributed by atoms with Crippen molar-refractivity contribution in [3.05, 3.63) is 28.8 Å². The van der Waals surface area contributed by atoms with E-state index in [2.05, 4.69) is 20.8 Å². The summed E-state index contributed by atoms with van der Waals surface area (Å²) >= 11 is 1.23. The molecule has 0 fully saturated rings. The Morgan fingerprint density at radius 1 is 1.40 bits per heavy atom.